The summed E-state index contributed by atoms with van der Waals surface area (Å²) in [5.41, 5.74) is 2.08. The lowest BCUT2D eigenvalue weighted by molar-refractivity contribution is -0.122. The Morgan fingerprint density at radius 1 is 1.67 bits per heavy atom. The van der Waals surface area contributed by atoms with Gasteiger partial charge >= 0.3 is 0 Å². The largest absolute Gasteiger partial charge is 0.356 e. The van der Waals surface area contributed by atoms with Crippen LogP contribution in [0.3, 0.4) is 0 Å². The van der Waals surface area contributed by atoms with Gasteiger partial charge < -0.3 is 5.32 Å². The molecule has 1 unspecified atom stereocenters. The summed E-state index contributed by atoms with van der Waals surface area (Å²) in [6, 6.07) is 0. The van der Waals surface area contributed by atoms with E-state index in [2.05, 4.69) is 26.3 Å². The summed E-state index contributed by atoms with van der Waals surface area (Å²) in [6.07, 6.45) is 1.69. The molecule has 1 amide bonds. The Morgan fingerprint density at radius 3 is 2.87 bits per heavy atom. The Balaban J connectivity index is 2.20. The molecular weight excluding hydrogens is 258 g/mol. The molecule has 0 aliphatic carbocycles. The maximum absolute atomic E-state index is 11.5. The number of rotatable bonds is 2. The van der Waals surface area contributed by atoms with Crippen LogP contribution in [0.4, 0.5) is 0 Å². The van der Waals surface area contributed by atoms with Crippen molar-refractivity contribution in [2.45, 2.75) is 19.8 Å². The first-order chi connectivity index (χ1) is 7.09. The fourth-order valence-corrected chi connectivity index (χ4v) is 2.47. The molecule has 0 spiro atoms. The van der Waals surface area contributed by atoms with E-state index < -0.39 is 0 Å². The predicted octanol–water partition coefficient (Wildman–Crippen LogP) is 1.17. The Morgan fingerprint density at radius 2 is 2.40 bits per heavy atom. The van der Waals surface area contributed by atoms with Gasteiger partial charge in [0.15, 0.2) is 0 Å². The molecule has 0 saturated carbocycles. The lowest BCUT2D eigenvalue weighted by Gasteiger charge is -2.07. The molecule has 1 aromatic heterocycles. The molecule has 1 N–H and O–H groups in total. The Bertz CT molecular complexity index is 400. The summed E-state index contributed by atoms with van der Waals surface area (Å²) in [4.78, 5) is 11.5. The zero-order chi connectivity index (χ0) is 11.0. The van der Waals surface area contributed by atoms with Crippen molar-refractivity contribution in [3.8, 4) is 0 Å². The molecular formula is C10H14BrN3O. The third kappa shape index (κ3) is 1.93. The SMILES string of the molecule is Cc1nn(C)c(CC2CCNC2=O)c1Br. The number of halogens is 1. The lowest BCUT2D eigenvalue weighted by atomic mass is 10.0. The number of aryl methyl sites for hydroxylation is 2. The van der Waals surface area contributed by atoms with Crippen molar-refractivity contribution in [1.82, 2.24) is 15.1 Å². The van der Waals surface area contributed by atoms with Crippen LogP contribution in [-0.2, 0) is 18.3 Å². The number of aromatic nitrogens is 2. The number of carbonyl (C=O) groups is 1. The van der Waals surface area contributed by atoms with Crippen LogP contribution in [0.15, 0.2) is 4.47 Å². The van der Waals surface area contributed by atoms with E-state index in [1.54, 1.807) is 0 Å². The van der Waals surface area contributed by atoms with E-state index in [0.717, 1.165) is 35.2 Å². The molecule has 1 saturated heterocycles. The number of hydrogen-bond donors (Lipinski definition) is 1. The topological polar surface area (TPSA) is 46.9 Å². The van der Waals surface area contributed by atoms with E-state index in [-0.39, 0.29) is 11.8 Å². The summed E-state index contributed by atoms with van der Waals surface area (Å²) < 4.78 is 2.88. The normalized spacial score (nSPS) is 20.7. The van der Waals surface area contributed by atoms with Gasteiger partial charge in [-0.25, -0.2) is 0 Å². The third-order valence-electron chi connectivity index (χ3n) is 2.86. The van der Waals surface area contributed by atoms with E-state index >= 15 is 0 Å². The van der Waals surface area contributed by atoms with Crippen LogP contribution >= 0.6 is 15.9 Å². The van der Waals surface area contributed by atoms with Crippen molar-refractivity contribution in [2.24, 2.45) is 13.0 Å². The third-order valence-corrected chi connectivity index (χ3v) is 3.90. The average Bonchev–Trinajstić information content (AvgIpc) is 2.67. The van der Waals surface area contributed by atoms with Crippen LogP contribution in [0, 0.1) is 12.8 Å². The molecule has 0 bridgehead atoms. The highest BCUT2D eigenvalue weighted by atomic mass is 79.9. The summed E-state index contributed by atoms with van der Waals surface area (Å²) in [6.45, 7) is 2.76. The summed E-state index contributed by atoms with van der Waals surface area (Å²) in [5, 5.41) is 7.17. The van der Waals surface area contributed by atoms with Crippen molar-refractivity contribution >= 4 is 21.8 Å². The minimum absolute atomic E-state index is 0.107. The Hall–Kier alpha value is -0.840. The van der Waals surface area contributed by atoms with Gasteiger partial charge in [0.05, 0.1) is 15.9 Å². The second-order valence-electron chi connectivity index (χ2n) is 3.95. The van der Waals surface area contributed by atoms with Gasteiger partial charge in [0, 0.05) is 25.9 Å². The molecule has 1 aliphatic rings. The lowest BCUT2D eigenvalue weighted by Crippen LogP contribution is -2.21. The average molecular weight is 272 g/mol. The van der Waals surface area contributed by atoms with E-state index in [1.807, 2.05) is 18.7 Å². The highest BCUT2D eigenvalue weighted by Crippen LogP contribution is 2.25. The van der Waals surface area contributed by atoms with Gasteiger partial charge in [-0.2, -0.15) is 5.10 Å². The van der Waals surface area contributed by atoms with Crippen molar-refractivity contribution < 1.29 is 4.79 Å². The van der Waals surface area contributed by atoms with E-state index in [4.69, 9.17) is 0 Å². The highest BCUT2D eigenvalue weighted by molar-refractivity contribution is 9.10. The van der Waals surface area contributed by atoms with Crippen LogP contribution in [0.1, 0.15) is 17.8 Å². The summed E-state index contributed by atoms with van der Waals surface area (Å²) in [5.74, 6) is 0.275. The molecule has 1 atom stereocenters. The molecule has 4 nitrogen and oxygen atoms in total. The van der Waals surface area contributed by atoms with Gasteiger partial charge in [-0.15, -0.1) is 0 Å². The smallest absolute Gasteiger partial charge is 0.223 e. The zero-order valence-electron chi connectivity index (χ0n) is 8.88. The van der Waals surface area contributed by atoms with Gasteiger partial charge in [0.2, 0.25) is 5.91 Å². The molecule has 2 heterocycles. The molecule has 82 valence electrons. The minimum Gasteiger partial charge on any atom is -0.356 e. The maximum atomic E-state index is 11.5. The fraction of sp³-hybridized carbons (Fsp3) is 0.600. The number of nitrogens with zero attached hydrogens (tertiary/aromatic N) is 2. The van der Waals surface area contributed by atoms with Gasteiger partial charge in [0.1, 0.15) is 0 Å². The van der Waals surface area contributed by atoms with Crippen molar-refractivity contribution in [3.05, 3.63) is 15.9 Å². The first-order valence-electron chi connectivity index (χ1n) is 5.05. The molecule has 5 heteroatoms. The predicted molar refractivity (Wildman–Crippen MR) is 60.5 cm³/mol. The first kappa shape index (κ1) is 10.7. The molecule has 0 aromatic carbocycles. The van der Waals surface area contributed by atoms with Crippen molar-refractivity contribution in [3.63, 3.8) is 0 Å². The van der Waals surface area contributed by atoms with Gasteiger partial charge in [0.25, 0.3) is 0 Å². The number of hydrogen-bond acceptors (Lipinski definition) is 2. The Labute approximate surface area is 97.2 Å². The first-order valence-corrected chi connectivity index (χ1v) is 5.84. The van der Waals surface area contributed by atoms with Crippen LogP contribution in [0.25, 0.3) is 0 Å². The molecule has 2 rings (SSSR count). The molecule has 15 heavy (non-hydrogen) atoms. The van der Waals surface area contributed by atoms with Crippen LogP contribution in [0.5, 0.6) is 0 Å². The molecule has 1 aromatic rings. The van der Waals surface area contributed by atoms with Crippen molar-refractivity contribution in [2.75, 3.05) is 6.54 Å². The van der Waals surface area contributed by atoms with Gasteiger partial charge in [-0.05, 0) is 29.3 Å². The van der Waals surface area contributed by atoms with Gasteiger partial charge in [-0.1, -0.05) is 0 Å². The minimum atomic E-state index is 0.107. The molecule has 0 radical (unpaired) electrons. The Kier molecular flexibility index (Phi) is 2.82. The van der Waals surface area contributed by atoms with Crippen LogP contribution < -0.4 is 5.32 Å². The zero-order valence-corrected chi connectivity index (χ0v) is 10.5. The highest BCUT2D eigenvalue weighted by Gasteiger charge is 2.26. The molecule has 1 aliphatic heterocycles. The van der Waals surface area contributed by atoms with E-state index in [0.29, 0.717) is 0 Å². The summed E-state index contributed by atoms with van der Waals surface area (Å²) in [7, 11) is 1.92. The second kappa shape index (κ2) is 3.96. The quantitative estimate of drug-likeness (QED) is 0.878. The number of carbonyl (C=O) groups excluding carboxylic acids is 1. The summed E-state index contributed by atoms with van der Waals surface area (Å²) >= 11 is 3.51. The number of nitrogens with one attached hydrogen (secondary N) is 1. The molecule has 1 fully saturated rings. The van der Waals surface area contributed by atoms with Crippen molar-refractivity contribution in [1.29, 1.82) is 0 Å². The van der Waals surface area contributed by atoms with E-state index in [9.17, 15) is 4.79 Å². The monoisotopic (exact) mass is 271 g/mol. The second-order valence-corrected chi connectivity index (χ2v) is 4.74. The van der Waals surface area contributed by atoms with E-state index in [1.165, 1.54) is 0 Å². The fourth-order valence-electron chi connectivity index (χ4n) is 1.98. The van der Waals surface area contributed by atoms with Gasteiger partial charge in [-0.3, -0.25) is 9.48 Å². The van der Waals surface area contributed by atoms with Crippen LogP contribution in [0.2, 0.25) is 0 Å². The van der Waals surface area contributed by atoms with Crippen LogP contribution in [-0.4, -0.2) is 22.2 Å². The number of amides is 1. The maximum Gasteiger partial charge on any atom is 0.223 e. The standard InChI is InChI=1S/C10H14BrN3O/c1-6-9(11)8(14(2)13-6)5-7-3-4-12-10(7)15/h7H,3-5H2,1-2H3,(H,12,15).